The number of aromatic hydroxyl groups is 1. The summed E-state index contributed by atoms with van der Waals surface area (Å²) in [5.74, 6) is 0.132. The molecule has 0 amide bonds. The van der Waals surface area contributed by atoms with Crippen molar-refractivity contribution in [2.75, 3.05) is 5.43 Å². The van der Waals surface area contributed by atoms with E-state index in [2.05, 4.69) is 5.43 Å². The van der Waals surface area contributed by atoms with Crippen molar-refractivity contribution in [3.8, 4) is 5.75 Å². The fourth-order valence-electron chi connectivity index (χ4n) is 0.655. The van der Waals surface area contributed by atoms with Crippen LogP contribution in [0.2, 0.25) is 0 Å². The van der Waals surface area contributed by atoms with Crippen molar-refractivity contribution in [1.29, 1.82) is 0 Å². The number of hydrogen-bond donors (Lipinski definition) is 4. The van der Waals surface area contributed by atoms with Crippen LogP contribution in [0.1, 0.15) is 0 Å². The molecule has 0 fully saturated rings. The summed E-state index contributed by atoms with van der Waals surface area (Å²) < 4.78 is 20.1. The molecule has 0 radical (unpaired) electrons. The zero-order chi connectivity index (χ0) is 8.97. The number of phenolic OH excluding ortho intramolecular Hbond substituents is 1. The molecule has 1 aromatic rings. The molecular weight excluding hydrogens is 180 g/mol. The Bertz CT molecular complexity index is 312. The van der Waals surface area contributed by atoms with E-state index in [0.29, 0.717) is 5.69 Å². The van der Waals surface area contributed by atoms with Crippen LogP contribution < -0.4 is 10.3 Å². The number of nitrogens with one attached hydrogen (secondary N) is 2. The van der Waals surface area contributed by atoms with Crippen molar-refractivity contribution in [1.82, 2.24) is 4.83 Å². The maximum Gasteiger partial charge on any atom is 0.218 e. The number of thiol groups is 1. The Labute approximate surface area is 71.1 Å². The van der Waals surface area contributed by atoms with Crippen LogP contribution in [0.5, 0.6) is 5.75 Å². The Kier molecular flexibility index (Phi) is 2.89. The third-order valence-electron chi connectivity index (χ3n) is 1.16. The molecule has 1 rings (SSSR count). The van der Waals surface area contributed by atoms with Crippen LogP contribution in [0.25, 0.3) is 0 Å². The summed E-state index contributed by atoms with van der Waals surface area (Å²) in [4.78, 5) is 2.00. The molecule has 12 heavy (non-hydrogen) atoms. The average Bonchev–Trinajstić information content (AvgIpc) is 2.03. The highest BCUT2D eigenvalue weighted by molar-refractivity contribution is 7.70. The van der Waals surface area contributed by atoms with Gasteiger partial charge >= 0.3 is 0 Å². The van der Waals surface area contributed by atoms with Crippen LogP contribution in [0, 0.1) is 0 Å². The fourth-order valence-corrected chi connectivity index (χ4v) is 0.875. The van der Waals surface area contributed by atoms with E-state index in [4.69, 9.17) is 5.11 Å². The quantitative estimate of drug-likeness (QED) is 0.302. The Hall–Kier alpha value is -1.27. The van der Waals surface area contributed by atoms with Crippen molar-refractivity contribution in [3.05, 3.63) is 24.3 Å². The van der Waals surface area contributed by atoms with Gasteiger partial charge in [-0.05, 0) is 24.3 Å². The number of rotatable bonds is 3. The molecule has 0 unspecified atom stereocenters. The second-order valence-electron chi connectivity index (χ2n) is 2.04. The van der Waals surface area contributed by atoms with Crippen LogP contribution in [-0.4, -0.2) is 13.5 Å². The minimum atomic E-state index is -2.66. The average molecular weight is 188 g/mol. The van der Waals surface area contributed by atoms with Gasteiger partial charge in [-0.1, -0.05) is 0 Å². The summed E-state index contributed by atoms with van der Waals surface area (Å²) in [6.45, 7) is 0. The van der Waals surface area contributed by atoms with Crippen LogP contribution >= 0.6 is 0 Å². The summed E-state index contributed by atoms with van der Waals surface area (Å²) in [6.07, 6.45) is 0. The van der Waals surface area contributed by atoms with Crippen molar-refractivity contribution in [2.24, 2.45) is 0 Å². The van der Waals surface area contributed by atoms with Crippen molar-refractivity contribution >= 4 is 16.6 Å². The molecule has 1 aromatic carbocycles. The standard InChI is InChI=1S/C6H8N2O3S/c9-6-3-1-5(2-4-6)7-8-12(10)11/h1-4,7,9,12H,(H,8,10,11). The van der Waals surface area contributed by atoms with E-state index in [1.807, 2.05) is 4.83 Å². The Balaban J connectivity index is 2.59. The summed E-state index contributed by atoms with van der Waals surface area (Å²) >= 11 is 0. The van der Waals surface area contributed by atoms with E-state index in [0.717, 1.165) is 0 Å². The highest BCUT2D eigenvalue weighted by Gasteiger charge is 1.90. The normalized spacial score (nSPS) is 10.1. The number of phenols is 1. The first-order chi connectivity index (χ1) is 5.68. The van der Waals surface area contributed by atoms with Crippen LogP contribution in [-0.2, 0) is 10.9 Å². The maximum atomic E-state index is 10.1. The topological polar surface area (TPSA) is 78.4 Å². The number of hydrazine groups is 1. The van der Waals surface area contributed by atoms with Gasteiger partial charge in [0, 0.05) is 0 Å². The minimum Gasteiger partial charge on any atom is -0.508 e. The van der Waals surface area contributed by atoms with E-state index >= 15 is 0 Å². The lowest BCUT2D eigenvalue weighted by Crippen LogP contribution is -2.18. The number of benzene rings is 1. The molecule has 0 saturated carbocycles. The summed E-state index contributed by atoms with van der Waals surface area (Å²) in [5, 5.41) is 8.87. The molecule has 0 aliphatic heterocycles. The SMILES string of the molecule is O=[SH](=O)NNc1ccc(O)cc1. The lowest BCUT2D eigenvalue weighted by atomic mass is 10.3. The zero-order valence-corrected chi connectivity index (χ0v) is 6.91. The maximum absolute atomic E-state index is 10.1. The van der Waals surface area contributed by atoms with Gasteiger partial charge in [-0.2, -0.15) is 0 Å². The van der Waals surface area contributed by atoms with Gasteiger partial charge in [0.1, 0.15) is 5.75 Å². The lowest BCUT2D eigenvalue weighted by Gasteiger charge is -2.01. The molecular formula is C6H8N2O3S. The Morgan fingerprint density at radius 2 is 1.75 bits per heavy atom. The first-order valence-corrected chi connectivity index (χ1v) is 4.31. The highest BCUT2D eigenvalue weighted by Crippen LogP contribution is 2.12. The van der Waals surface area contributed by atoms with Crippen LogP contribution in [0.15, 0.2) is 24.3 Å². The molecule has 0 aliphatic carbocycles. The fraction of sp³-hybridized carbons (Fsp3) is 0. The van der Waals surface area contributed by atoms with Gasteiger partial charge in [0.15, 0.2) is 0 Å². The molecule has 0 spiro atoms. The number of hydrogen-bond acceptors (Lipinski definition) is 4. The second kappa shape index (κ2) is 3.93. The predicted molar refractivity (Wildman–Crippen MR) is 45.2 cm³/mol. The molecule has 0 aliphatic rings. The van der Waals surface area contributed by atoms with Crippen molar-refractivity contribution < 1.29 is 13.5 Å². The minimum absolute atomic E-state index is 0.132. The van der Waals surface area contributed by atoms with Gasteiger partial charge in [-0.25, -0.2) is 8.42 Å². The largest absolute Gasteiger partial charge is 0.508 e. The monoisotopic (exact) mass is 188 g/mol. The molecule has 0 atom stereocenters. The van der Waals surface area contributed by atoms with E-state index in [9.17, 15) is 8.42 Å². The summed E-state index contributed by atoms with van der Waals surface area (Å²) in [7, 11) is -2.66. The third-order valence-corrected chi connectivity index (χ3v) is 1.45. The third kappa shape index (κ3) is 2.77. The molecule has 0 heterocycles. The highest BCUT2D eigenvalue weighted by atomic mass is 32.2. The molecule has 5 nitrogen and oxygen atoms in total. The zero-order valence-electron chi connectivity index (χ0n) is 6.02. The molecule has 0 bridgehead atoms. The van der Waals surface area contributed by atoms with Gasteiger partial charge in [0.25, 0.3) is 0 Å². The molecule has 66 valence electrons. The molecule has 6 heteroatoms. The van der Waals surface area contributed by atoms with Gasteiger partial charge in [0.2, 0.25) is 10.9 Å². The smallest absolute Gasteiger partial charge is 0.218 e. The molecule has 0 aromatic heterocycles. The summed E-state index contributed by atoms with van der Waals surface area (Å²) in [5.41, 5.74) is 2.98. The van der Waals surface area contributed by atoms with Crippen molar-refractivity contribution in [2.45, 2.75) is 0 Å². The molecule has 0 saturated heterocycles. The first-order valence-electron chi connectivity index (χ1n) is 3.13. The van der Waals surface area contributed by atoms with Crippen LogP contribution in [0.3, 0.4) is 0 Å². The Morgan fingerprint density at radius 3 is 2.25 bits per heavy atom. The lowest BCUT2D eigenvalue weighted by molar-refractivity contribution is 0.475. The van der Waals surface area contributed by atoms with E-state index in [1.54, 1.807) is 12.1 Å². The predicted octanol–water partition coefficient (Wildman–Crippen LogP) is -0.165. The van der Waals surface area contributed by atoms with Gasteiger partial charge in [-0.15, -0.1) is 4.83 Å². The first kappa shape index (κ1) is 8.82. The molecule has 3 N–H and O–H groups in total. The van der Waals surface area contributed by atoms with E-state index in [1.165, 1.54) is 12.1 Å². The number of anilines is 1. The summed E-state index contributed by atoms with van der Waals surface area (Å²) in [6, 6.07) is 5.98. The van der Waals surface area contributed by atoms with Gasteiger partial charge < -0.3 is 10.5 Å². The van der Waals surface area contributed by atoms with Crippen LogP contribution in [0.4, 0.5) is 5.69 Å². The Morgan fingerprint density at radius 1 is 1.17 bits per heavy atom. The van der Waals surface area contributed by atoms with Gasteiger partial charge in [0.05, 0.1) is 5.69 Å². The van der Waals surface area contributed by atoms with E-state index < -0.39 is 10.9 Å². The van der Waals surface area contributed by atoms with Gasteiger partial charge in [-0.3, -0.25) is 0 Å². The van der Waals surface area contributed by atoms with E-state index in [-0.39, 0.29) is 5.75 Å². The second-order valence-corrected chi connectivity index (χ2v) is 2.78. The van der Waals surface area contributed by atoms with Crippen molar-refractivity contribution in [3.63, 3.8) is 0 Å².